The van der Waals surface area contributed by atoms with E-state index in [1.807, 2.05) is 42.5 Å². The molecule has 48 heavy (non-hydrogen) atoms. The molecule has 0 unspecified atom stereocenters. The van der Waals surface area contributed by atoms with Crippen LogP contribution in [0.5, 0.6) is 0 Å². The third-order valence-electron chi connectivity index (χ3n) is 6.62. The maximum atomic E-state index is 12.2. The topological polar surface area (TPSA) is 186 Å². The van der Waals surface area contributed by atoms with Crippen molar-refractivity contribution in [2.24, 2.45) is 0 Å². The normalized spacial score (nSPS) is 14.6. The van der Waals surface area contributed by atoms with Crippen LogP contribution in [0.4, 0.5) is 36.8 Å². The van der Waals surface area contributed by atoms with E-state index in [0.29, 0.717) is 24.3 Å². The number of H-pyrrole nitrogens is 1. The van der Waals surface area contributed by atoms with Crippen molar-refractivity contribution in [2.45, 2.75) is 18.8 Å². The maximum Gasteiger partial charge on any atom is 0.490 e. The first-order valence-electron chi connectivity index (χ1n) is 14.1. The number of carboxylic acid groups (broad SMARTS) is 2. The van der Waals surface area contributed by atoms with Gasteiger partial charge < -0.3 is 35.9 Å². The lowest BCUT2D eigenvalue weighted by Crippen LogP contribution is -2.42. The number of hydrogen-bond acceptors (Lipinski definition) is 7. The molecule has 6 N–H and O–H groups in total. The number of halogens is 6. The third-order valence-corrected chi connectivity index (χ3v) is 6.62. The lowest BCUT2D eigenvalue weighted by molar-refractivity contribution is -0.193. The number of carboxylic acids is 2. The fourth-order valence-electron chi connectivity index (χ4n) is 4.26. The molecule has 0 bridgehead atoms. The van der Waals surface area contributed by atoms with Gasteiger partial charge in [-0.05, 0) is 30.3 Å². The number of urea groups is 1. The molecule has 3 aromatic rings. The molecule has 3 amide bonds. The number of nitrogens with zero attached hydrogens (tertiary/aromatic N) is 2. The molecule has 0 aliphatic carbocycles. The van der Waals surface area contributed by atoms with Crippen LogP contribution in [0.25, 0.3) is 22.5 Å². The summed E-state index contributed by atoms with van der Waals surface area (Å²) in [5, 5.41) is 22.9. The van der Waals surface area contributed by atoms with Crippen molar-refractivity contribution in [1.29, 1.82) is 0 Å². The first-order chi connectivity index (χ1) is 22.5. The summed E-state index contributed by atoms with van der Waals surface area (Å²) in [5.74, 6) is -5.55. The number of anilines is 1. The SMILES string of the molecule is O=C(NCCN1CCOCC1)Nc1ccc(-c2cc(-c3cc4c([nH]3)CCNC4=O)ccn2)cc1.O=C(O)C(F)(F)F.O=C(O)C(F)(F)F. The number of fused-ring (bicyclic) bond motifs is 1. The van der Waals surface area contributed by atoms with E-state index in [9.17, 15) is 35.9 Å². The Balaban J connectivity index is 0.000000376. The van der Waals surface area contributed by atoms with Crippen molar-refractivity contribution in [2.75, 3.05) is 51.3 Å². The number of pyridine rings is 1. The Kier molecular flexibility index (Phi) is 12.9. The highest BCUT2D eigenvalue weighted by atomic mass is 19.4. The number of carbonyl (C=O) groups is 4. The molecule has 1 aromatic carbocycles. The second-order valence-corrected chi connectivity index (χ2v) is 10.0. The van der Waals surface area contributed by atoms with Crippen LogP contribution in [0.3, 0.4) is 0 Å². The minimum Gasteiger partial charge on any atom is -0.475 e. The Hall–Kier alpha value is -5.17. The number of carbonyl (C=O) groups excluding carboxylic acids is 2. The average Bonchev–Trinajstić information content (AvgIpc) is 3.48. The Morgan fingerprint density at radius 2 is 1.52 bits per heavy atom. The highest BCUT2D eigenvalue weighted by Gasteiger charge is 2.38. The molecule has 2 aliphatic rings. The number of nitrogens with one attached hydrogen (secondary N) is 4. The van der Waals surface area contributed by atoms with Gasteiger partial charge in [0.05, 0.1) is 24.5 Å². The lowest BCUT2D eigenvalue weighted by Gasteiger charge is -2.26. The lowest BCUT2D eigenvalue weighted by atomic mass is 10.1. The van der Waals surface area contributed by atoms with E-state index in [-0.39, 0.29) is 11.9 Å². The maximum absolute atomic E-state index is 12.2. The van der Waals surface area contributed by atoms with E-state index in [2.05, 4.69) is 30.8 Å². The van der Waals surface area contributed by atoms with Crippen LogP contribution >= 0.6 is 0 Å². The van der Waals surface area contributed by atoms with Gasteiger partial charge in [0.2, 0.25) is 0 Å². The number of morpholine rings is 1. The van der Waals surface area contributed by atoms with E-state index >= 15 is 0 Å². The van der Waals surface area contributed by atoms with Crippen LogP contribution in [-0.4, -0.2) is 107 Å². The number of ether oxygens (including phenoxy) is 1. The summed E-state index contributed by atoms with van der Waals surface area (Å²) in [4.78, 5) is 52.2. The Morgan fingerprint density at radius 1 is 0.917 bits per heavy atom. The van der Waals surface area contributed by atoms with Crippen LogP contribution < -0.4 is 16.0 Å². The second-order valence-electron chi connectivity index (χ2n) is 10.0. The van der Waals surface area contributed by atoms with Gasteiger partial charge in [-0.25, -0.2) is 14.4 Å². The molecule has 0 radical (unpaired) electrons. The number of rotatable bonds is 6. The molecule has 5 rings (SSSR count). The van der Waals surface area contributed by atoms with Crippen LogP contribution in [0.1, 0.15) is 16.1 Å². The summed E-state index contributed by atoms with van der Waals surface area (Å²) in [5.41, 5.74) is 6.01. The summed E-state index contributed by atoms with van der Waals surface area (Å²) in [6.07, 6.45) is -7.60. The van der Waals surface area contributed by atoms with E-state index in [1.54, 1.807) is 6.20 Å². The van der Waals surface area contributed by atoms with Crippen molar-refractivity contribution < 1.29 is 60.5 Å². The van der Waals surface area contributed by atoms with E-state index in [1.165, 1.54) is 0 Å². The first-order valence-corrected chi connectivity index (χ1v) is 14.1. The Morgan fingerprint density at radius 3 is 2.08 bits per heavy atom. The summed E-state index contributed by atoms with van der Waals surface area (Å²) >= 11 is 0. The second kappa shape index (κ2) is 16.6. The highest BCUT2D eigenvalue weighted by molar-refractivity contribution is 5.98. The van der Waals surface area contributed by atoms with Gasteiger partial charge in [-0.15, -0.1) is 0 Å². The van der Waals surface area contributed by atoms with Gasteiger partial charge in [0, 0.05) is 73.5 Å². The zero-order valence-corrected chi connectivity index (χ0v) is 24.9. The standard InChI is InChI=1S/C25H28N6O3.2C2HF3O2/c32-24-20-16-23(30-21(20)6-8-27-24)18-5-7-26-22(15-18)17-1-3-19(4-2-17)29-25(33)28-9-10-31-11-13-34-14-12-31;2*3-2(4,5)1(6)7/h1-5,7,15-16,30H,6,8-14H2,(H,27,32)(H2,28,29,33);2*(H,6,7). The largest absolute Gasteiger partial charge is 0.490 e. The van der Waals surface area contributed by atoms with Gasteiger partial charge in [0.25, 0.3) is 5.91 Å². The van der Waals surface area contributed by atoms with Gasteiger partial charge in [-0.3, -0.25) is 14.7 Å². The molecule has 19 heteroatoms. The van der Waals surface area contributed by atoms with E-state index < -0.39 is 24.3 Å². The smallest absolute Gasteiger partial charge is 0.475 e. The number of alkyl halides is 6. The molecule has 2 aromatic heterocycles. The van der Waals surface area contributed by atoms with Crippen LogP contribution in [0, 0.1) is 0 Å². The molecule has 4 heterocycles. The van der Waals surface area contributed by atoms with Gasteiger partial charge in [-0.1, -0.05) is 12.1 Å². The molecule has 0 atom stereocenters. The number of benzene rings is 1. The molecule has 0 saturated carbocycles. The van der Waals surface area contributed by atoms with Crippen LogP contribution in [-0.2, 0) is 20.7 Å². The highest BCUT2D eigenvalue weighted by Crippen LogP contribution is 2.27. The monoisotopic (exact) mass is 688 g/mol. The molecular formula is C29H30F6N6O7. The van der Waals surface area contributed by atoms with Gasteiger partial charge in [0.15, 0.2) is 0 Å². The number of aromatic amines is 1. The predicted octanol–water partition coefficient (Wildman–Crippen LogP) is 3.75. The molecule has 2 aliphatic heterocycles. The fraction of sp³-hybridized carbons (Fsp3) is 0.345. The molecule has 1 saturated heterocycles. The van der Waals surface area contributed by atoms with Crippen molar-refractivity contribution in [3.63, 3.8) is 0 Å². The molecule has 1 fully saturated rings. The summed E-state index contributed by atoms with van der Waals surface area (Å²) < 4.78 is 68.8. The van der Waals surface area contributed by atoms with Crippen LogP contribution in [0.2, 0.25) is 0 Å². The number of hydrogen-bond donors (Lipinski definition) is 6. The minimum atomic E-state index is -5.08. The predicted molar refractivity (Wildman–Crippen MR) is 157 cm³/mol. The Labute approximate surface area is 268 Å². The van der Waals surface area contributed by atoms with Gasteiger partial charge in [-0.2, -0.15) is 26.3 Å². The third kappa shape index (κ3) is 11.6. The molecular weight excluding hydrogens is 658 g/mol. The van der Waals surface area contributed by atoms with Crippen molar-refractivity contribution in [1.82, 2.24) is 25.5 Å². The van der Waals surface area contributed by atoms with Crippen molar-refractivity contribution >= 4 is 29.6 Å². The van der Waals surface area contributed by atoms with Crippen molar-refractivity contribution in [3.8, 4) is 22.5 Å². The quantitative estimate of drug-likeness (QED) is 0.210. The summed E-state index contributed by atoms with van der Waals surface area (Å²) in [6, 6.07) is 13.2. The van der Waals surface area contributed by atoms with E-state index in [0.717, 1.165) is 67.5 Å². The number of amides is 3. The average molecular weight is 689 g/mol. The van der Waals surface area contributed by atoms with Crippen molar-refractivity contribution in [3.05, 3.63) is 59.9 Å². The molecule has 0 spiro atoms. The molecule has 13 nitrogen and oxygen atoms in total. The van der Waals surface area contributed by atoms with Gasteiger partial charge in [0.1, 0.15) is 0 Å². The zero-order chi connectivity index (χ0) is 35.5. The van der Waals surface area contributed by atoms with E-state index in [4.69, 9.17) is 24.5 Å². The Bertz CT molecular complexity index is 1550. The van der Waals surface area contributed by atoms with Crippen LogP contribution in [0.15, 0.2) is 48.7 Å². The van der Waals surface area contributed by atoms with Gasteiger partial charge >= 0.3 is 30.3 Å². The minimum absolute atomic E-state index is 0.0359. The number of aliphatic carboxylic acids is 2. The molecule has 260 valence electrons. The zero-order valence-electron chi connectivity index (χ0n) is 24.9. The first kappa shape index (κ1) is 37.3. The summed E-state index contributed by atoms with van der Waals surface area (Å²) in [7, 11) is 0. The fourth-order valence-corrected chi connectivity index (χ4v) is 4.26. The number of aromatic nitrogens is 2. The summed E-state index contributed by atoms with van der Waals surface area (Å²) in [6.45, 7) is 5.36.